The predicted octanol–water partition coefficient (Wildman–Crippen LogP) is -0.100. The highest BCUT2D eigenvalue weighted by atomic mass is 16.7. The van der Waals surface area contributed by atoms with E-state index in [1.54, 1.807) is 0 Å². The molecule has 20 heavy (non-hydrogen) atoms. The summed E-state index contributed by atoms with van der Waals surface area (Å²) in [5, 5.41) is 37.7. The van der Waals surface area contributed by atoms with Crippen LogP contribution in [-0.2, 0) is 19.1 Å². The molecule has 1 aliphatic rings. The quantitative estimate of drug-likeness (QED) is 0.393. The van der Waals surface area contributed by atoms with E-state index >= 15 is 0 Å². The molecule has 114 valence electrons. The normalized spacial score (nSPS) is 21.9. The molecule has 0 bridgehead atoms. The molecule has 0 aromatic heterocycles. The largest absolute Gasteiger partial charge is 0.505 e. The molecule has 0 saturated carbocycles. The van der Waals surface area contributed by atoms with Gasteiger partial charge in [-0.2, -0.15) is 0 Å². The van der Waals surface area contributed by atoms with Crippen molar-refractivity contribution in [1.82, 2.24) is 0 Å². The molecule has 2 atom stereocenters. The molecule has 0 aliphatic carbocycles. The summed E-state index contributed by atoms with van der Waals surface area (Å²) >= 11 is 0. The Balaban J connectivity index is 2.78. The zero-order chi connectivity index (χ0) is 15.5. The Hall–Kier alpha value is -1.80. The van der Waals surface area contributed by atoms with Crippen LogP contribution in [0.4, 0.5) is 0 Å². The fourth-order valence-corrected chi connectivity index (χ4v) is 1.58. The first-order chi connectivity index (χ1) is 9.21. The smallest absolute Gasteiger partial charge is 0.378 e. The first-order valence-electron chi connectivity index (χ1n) is 6.09. The molecule has 8 nitrogen and oxygen atoms in total. The lowest BCUT2D eigenvalue weighted by Crippen LogP contribution is -2.50. The van der Waals surface area contributed by atoms with Gasteiger partial charge in [0, 0.05) is 6.42 Å². The van der Waals surface area contributed by atoms with E-state index < -0.39 is 42.0 Å². The molecule has 1 rings (SSSR count). The maximum atomic E-state index is 11.6. The van der Waals surface area contributed by atoms with E-state index in [0.29, 0.717) is 6.42 Å². The van der Waals surface area contributed by atoms with Gasteiger partial charge >= 0.3 is 11.9 Å². The average Bonchev–Trinajstić information content (AvgIpc) is 2.64. The van der Waals surface area contributed by atoms with Gasteiger partial charge in [0.2, 0.25) is 11.9 Å². The van der Waals surface area contributed by atoms with Gasteiger partial charge in [-0.25, -0.2) is 4.79 Å². The van der Waals surface area contributed by atoms with Gasteiger partial charge in [-0.3, -0.25) is 4.79 Å². The van der Waals surface area contributed by atoms with E-state index in [0.717, 1.165) is 0 Å². The molecule has 0 spiro atoms. The average molecular weight is 290 g/mol. The van der Waals surface area contributed by atoms with Gasteiger partial charge in [0.15, 0.2) is 5.76 Å². The molecule has 0 saturated heterocycles. The lowest BCUT2D eigenvalue weighted by atomic mass is 10.1. The summed E-state index contributed by atoms with van der Waals surface area (Å²) in [4.78, 5) is 22.6. The Labute approximate surface area is 115 Å². The molecule has 8 heteroatoms. The third-order valence-corrected chi connectivity index (χ3v) is 2.76. The Morgan fingerprint density at radius 1 is 1.45 bits per heavy atom. The van der Waals surface area contributed by atoms with Gasteiger partial charge in [0.05, 0.1) is 0 Å². The Kier molecular flexibility index (Phi) is 4.96. The maximum absolute atomic E-state index is 11.6. The van der Waals surface area contributed by atoms with Crippen molar-refractivity contribution in [3.8, 4) is 0 Å². The molecule has 0 aromatic rings. The minimum absolute atomic E-state index is 0.0168. The van der Waals surface area contributed by atoms with Gasteiger partial charge in [-0.05, 0) is 12.3 Å². The van der Waals surface area contributed by atoms with Crippen molar-refractivity contribution in [2.75, 3.05) is 6.61 Å². The fraction of sp³-hybridized carbons (Fsp3) is 0.667. The SMILES string of the molecule is CC(C)CCC(=O)O[C@](O)(CO)[C@H]1OC(=O)C(O)=C1O. The zero-order valence-corrected chi connectivity index (χ0v) is 11.2. The summed E-state index contributed by atoms with van der Waals surface area (Å²) in [6, 6.07) is 0. The van der Waals surface area contributed by atoms with Gasteiger partial charge in [0.1, 0.15) is 6.61 Å². The van der Waals surface area contributed by atoms with Crippen molar-refractivity contribution in [3.05, 3.63) is 11.5 Å². The van der Waals surface area contributed by atoms with E-state index in [1.165, 1.54) is 0 Å². The summed E-state index contributed by atoms with van der Waals surface area (Å²) < 4.78 is 9.14. The standard InChI is InChI=1S/C12H18O8/c1-6(2)3-4-7(14)20-12(18,5-13)10-8(15)9(16)11(17)19-10/h6,10,13,15-16,18H,3-5H2,1-2H3/t10-,12+/m0/s1. The molecule has 0 unspecified atom stereocenters. The van der Waals surface area contributed by atoms with Crippen LogP contribution in [0.5, 0.6) is 0 Å². The molecule has 4 N–H and O–H groups in total. The second-order valence-electron chi connectivity index (χ2n) is 4.93. The van der Waals surface area contributed by atoms with Crippen LogP contribution in [0.15, 0.2) is 11.5 Å². The lowest BCUT2D eigenvalue weighted by Gasteiger charge is -2.29. The minimum atomic E-state index is -2.64. The summed E-state index contributed by atoms with van der Waals surface area (Å²) in [6.07, 6.45) is -1.38. The topological polar surface area (TPSA) is 134 Å². The highest BCUT2D eigenvalue weighted by molar-refractivity contribution is 5.89. The first kappa shape index (κ1) is 16.3. The van der Waals surface area contributed by atoms with E-state index in [4.69, 9.17) is 10.2 Å². The third kappa shape index (κ3) is 3.40. The van der Waals surface area contributed by atoms with Crippen LogP contribution in [0, 0.1) is 5.92 Å². The molecular weight excluding hydrogens is 272 g/mol. The number of hydrogen-bond donors (Lipinski definition) is 4. The number of carbonyl (C=O) groups is 2. The number of ether oxygens (including phenoxy) is 2. The van der Waals surface area contributed by atoms with E-state index in [2.05, 4.69) is 9.47 Å². The summed E-state index contributed by atoms with van der Waals surface area (Å²) in [7, 11) is 0. The van der Waals surface area contributed by atoms with Crippen LogP contribution in [0.25, 0.3) is 0 Å². The molecule has 0 radical (unpaired) electrons. The number of rotatable bonds is 6. The Morgan fingerprint density at radius 2 is 2.05 bits per heavy atom. The number of aliphatic hydroxyl groups is 4. The van der Waals surface area contributed by atoms with Crippen molar-refractivity contribution < 1.29 is 39.5 Å². The third-order valence-electron chi connectivity index (χ3n) is 2.76. The van der Waals surface area contributed by atoms with Gasteiger partial charge < -0.3 is 29.9 Å². The van der Waals surface area contributed by atoms with Crippen LogP contribution in [0.1, 0.15) is 26.7 Å². The monoisotopic (exact) mass is 290 g/mol. The van der Waals surface area contributed by atoms with E-state index in [-0.39, 0.29) is 12.3 Å². The number of aliphatic hydroxyl groups excluding tert-OH is 3. The molecule has 0 amide bonds. The van der Waals surface area contributed by atoms with Crippen molar-refractivity contribution in [2.24, 2.45) is 5.92 Å². The number of esters is 2. The second kappa shape index (κ2) is 6.10. The van der Waals surface area contributed by atoms with Gasteiger partial charge in [-0.1, -0.05) is 13.8 Å². The zero-order valence-electron chi connectivity index (χ0n) is 11.2. The first-order valence-corrected chi connectivity index (χ1v) is 6.09. The summed E-state index contributed by atoms with van der Waals surface area (Å²) in [5.74, 6) is -6.61. The van der Waals surface area contributed by atoms with Crippen LogP contribution in [0.3, 0.4) is 0 Å². The molecular formula is C12H18O8. The van der Waals surface area contributed by atoms with Crippen molar-refractivity contribution >= 4 is 11.9 Å². The van der Waals surface area contributed by atoms with Crippen molar-refractivity contribution in [1.29, 1.82) is 0 Å². The second-order valence-corrected chi connectivity index (χ2v) is 4.93. The van der Waals surface area contributed by atoms with Gasteiger partial charge in [-0.15, -0.1) is 0 Å². The summed E-state index contributed by atoms with van der Waals surface area (Å²) in [5.41, 5.74) is 0. The molecule has 0 fully saturated rings. The number of cyclic esters (lactones) is 1. The van der Waals surface area contributed by atoms with Crippen LogP contribution in [-0.4, -0.2) is 50.9 Å². The van der Waals surface area contributed by atoms with E-state index in [1.807, 2.05) is 13.8 Å². The molecule has 1 heterocycles. The molecule has 1 aliphatic heterocycles. The predicted molar refractivity (Wildman–Crippen MR) is 64.4 cm³/mol. The Bertz CT molecular complexity index is 427. The van der Waals surface area contributed by atoms with Crippen molar-refractivity contribution in [2.45, 2.75) is 38.6 Å². The van der Waals surface area contributed by atoms with Gasteiger partial charge in [0.25, 0.3) is 5.79 Å². The van der Waals surface area contributed by atoms with E-state index in [9.17, 15) is 19.8 Å². The molecule has 0 aromatic carbocycles. The lowest BCUT2D eigenvalue weighted by molar-refractivity contribution is -0.259. The van der Waals surface area contributed by atoms with Crippen LogP contribution >= 0.6 is 0 Å². The summed E-state index contributed by atoms with van der Waals surface area (Å²) in [6.45, 7) is 2.66. The highest BCUT2D eigenvalue weighted by Crippen LogP contribution is 2.29. The van der Waals surface area contributed by atoms with Crippen LogP contribution < -0.4 is 0 Å². The van der Waals surface area contributed by atoms with Crippen LogP contribution in [0.2, 0.25) is 0 Å². The fourth-order valence-electron chi connectivity index (χ4n) is 1.58. The maximum Gasteiger partial charge on any atom is 0.378 e. The van der Waals surface area contributed by atoms with Crippen molar-refractivity contribution in [3.63, 3.8) is 0 Å². The Morgan fingerprint density at radius 3 is 2.45 bits per heavy atom. The highest BCUT2D eigenvalue weighted by Gasteiger charge is 2.51. The minimum Gasteiger partial charge on any atom is -0.505 e. The number of hydrogen-bond acceptors (Lipinski definition) is 8. The number of carbonyl (C=O) groups excluding carboxylic acids is 2.